The van der Waals surface area contributed by atoms with Crippen LogP contribution in [0.2, 0.25) is 0 Å². The molecule has 2 aliphatic carbocycles. The lowest BCUT2D eigenvalue weighted by Gasteiger charge is -2.36. The maximum absolute atomic E-state index is 13.3. The van der Waals surface area contributed by atoms with Crippen molar-refractivity contribution in [2.24, 2.45) is 5.92 Å². The molecule has 1 heterocycles. The molecule has 1 unspecified atom stereocenters. The number of phenols is 1. The first kappa shape index (κ1) is 18.2. The van der Waals surface area contributed by atoms with E-state index in [2.05, 4.69) is 24.3 Å². The van der Waals surface area contributed by atoms with Gasteiger partial charge in [-0.25, -0.2) is 4.79 Å². The van der Waals surface area contributed by atoms with Crippen LogP contribution >= 0.6 is 0 Å². The number of hydrogen-bond donors (Lipinski definition) is 1. The van der Waals surface area contributed by atoms with Gasteiger partial charge in [0.05, 0.1) is 6.54 Å². The largest absolute Gasteiger partial charge is 0.508 e. The number of carbonyl (C=O) groups is 3. The maximum Gasteiger partial charge on any atom is 0.327 e. The van der Waals surface area contributed by atoms with Crippen LogP contribution in [0.3, 0.4) is 0 Å². The van der Waals surface area contributed by atoms with Gasteiger partial charge in [-0.2, -0.15) is 0 Å². The highest BCUT2D eigenvalue weighted by Crippen LogP contribution is 2.38. The molecule has 0 spiro atoms. The number of hydrogen-bond acceptors (Lipinski definition) is 4. The zero-order valence-electron chi connectivity index (χ0n) is 15.9. The predicted octanol–water partition coefficient (Wildman–Crippen LogP) is 2.64. The van der Waals surface area contributed by atoms with Gasteiger partial charge in [0, 0.05) is 12.6 Å². The number of imide groups is 1. The number of fused-ring (bicyclic) bond motifs is 4. The molecule has 1 saturated heterocycles. The van der Waals surface area contributed by atoms with E-state index < -0.39 is 11.6 Å². The molecule has 2 aromatic carbocycles. The number of phenolic OH excluding ortho intramolecular Hbond substituents is 1. The van der Waals surface area contributed by atoms with Gasteiger partial charge in [-0.1, -0.05) is 36.4 Å². The summed E-state index contributed by atoms with van der Waals surface area (Å²) >= 11 is 0. The molecule has 0 radical (unpaired) electrons. The average Bonchev–Trinajstić information content (AvgIpc) is 2.96. The minimum Gasteiger partial charge on any atom is -0.508 e. The van der Waals surface area contributed by atoms with E-state index in [0.29, 0.717) is 12.8 Å². The SMILES string of the molecule is CN1C(=O)N(CC(=O)c2cccc(O)c2)C(=O)C1(C)C1Cc2ccc(cc2)C1. The summed E-state index contributed by atoms with van der Waals surface area (Å²) in [5.41, 5.74) is 1.53. The molecule has 1 aliphatic heterocycles. The van der Waals surface area contributed by atoms with E-state index in [1.165, 1.54) is 17.0 Å². The van der Waals surface area contributed by atoms with Crippen molar-refractivity contribution in [3.05, 3.63) is 65.2 Å². The Labute approximate surface area is 163 Å². The van der Waals surface area contributed by atoms with E-state index in [-0.39, 0.29) is 35.5 Å². The van der Waals surface area contributed by atoms with Crippen LogP contribution in [0.5, 0.6) is 5.75 Å². The van der Waals surface area contributed by atoms with Crippen molar-refractivity contribution in [3.8, 4) is 5.75 Å². The molecule has 6 heteroatoms. The third-order valence-electron chi connectivity index (χ3n) is 6.14. The average molecular weight is 378 g/mol. The van der Waals surface area contributed by atoms with E-state index in [9.17, 15) is 19.5 Å². The Morgan fingerprint density at radius 3 is 2.29 bits per heavy atom. The van der Waals surface area contributed by atoms with Crippen LogP contribution in [0.15, 0.2) is 48.5 Å². The van der Waals surface area contributed by atoms with Gasteiger partial charge in [0.1, 0.15) is 11.3 Å². The van der Waals surface area contributed by atoms with Crippen LogP contribution in [0.25, 0.3) is 0 Å². The predicted molar refractivity (Wildman–Crippen MR) is 103 cm³/mol. The number of amides is 3. The number of likely N-dealkylation sites (N-methyl/N-ethyl adjacent to an activating group) is 1. The maximum atomic E-state index is 13.3. The zero-order chi connectivity index (χ0) is 20.1. The van der Waals surface area contributed by atoms with Crippen LogP contribution in [0.1, 0.15) is 28.4 Å². The normalized spacial score (nSPS) is 22.1. The second-order valence-electron chi connectivity index (χ2n) is 7.78. The molecular formula is C22H22N2O4. The van der Waals surface area contributed by atoms with Gasteiger partial charge in [-0.3, -0.25) is 14.5 Å². The number of benzene rings is 2. The number of aromatic hydroxyl groups is 1. The quantitative estimate of drug-likeness (QED) is 0.655. The summed E-state index contributed by atoms with van der Waals surface area (Å²) in [5.74, 6) is -0.830. The third kappa shape index (κ3) is 2.76. The Morgan fingerprint density at radius 2 is 1.71 bits per heavy atom. The number of Topliss-reactive ketones (excluding diaryl/α,β-unsaturated/α-hetero) is 1. The minimum absolute atomic E-state index is 0.0325. The van der Waals surface area contributed by atoms with Crippen LogP contribution in [0.4, 0.5) is 4.79 Å². The molecular weight excluding hydrogens is 356 g/mol. The highest BCUT2D eigenvalue weighted by molar-refractivity contribution is 6.11. The van der Waals surface area contributed by atoms with Crippen molar-refractivity contribution in [1.82, 2.24) is 9.80 Å². The van der Waals surface area contributed by atoms with Crippen LogP contribution in [-0.2, 0) is 17.6 Å². The molecule has 3 aliphatic rings. The Hall–Kier alpha value is -3.15. The van der Waals surface area contributed by atoms with E-state index >= 15 is 0 Å². The lowest BCUT2D eigenvalue weighted by molar-refractivity contribution is -0.134. The number of carbonyl (C=O) groups excluding carboxylic acids is 3. The third-order valence-corrected chi connectivity index (χ3v) is 6.14. The van der Waals surface area contributed by atoms with E-state index in [1.54, 1.807) is 26.1 Å². The van der Waals surface area contributed by atoms with Crippen molar-refractivity contribution in [2.75, 3.05) is 13.6 Å². The second kappa shape index (κ2) is 6.48. The summed E-state index contributed by atoms with van der Waals surface area (Å²) in [6.45, 7) is 1.46. The number of rotatable bonds is 4. The molecule has 0 saturated carbocycles. The van der Waals surface area contributed by atoms with E-state index in [4.69, 9.17) is 0 Å². The molecule has 2 bridgehead atoms. The van der Waals surface area contributed by atoms with Gasteiger partial charge in [-0.05, 0) is 48.9 Å². The molecule has 0 aromatic heterocycles. The second-order valence-corrected chi connectivity index (χ2v) is 7.78. The van der Waals surface area contributed by atoms with Crippen LogP contribution in [0, 0.1) is 5.92 Å². The lowest BCUT2D eigenvalue weighted by Crippen LogP contribution is -2.52. The Kier molecular flexibility index (Phi) is 4.22. The molecule has 5 rings (SSSR count). The number of nitrogens with zero attached hydrogens (tertiary/aromatic N) is 2. The fraction of sp³-hybridized carbons (Fsp3) is 0.318. The molecule has 28 heavy (non-hydrogen) atoms. The summed E-state index contributed by atoms with van der Waals surface area (Å²) < 4.78 is 0. The van der Waals surface area contributed by atoms with Crippen molar-refractivity contribution < 1.29 is 19.5 Å². The molecule has 144 valence electrons. The van der Waals surface area contributed by atoms with E-state index in [1.807, 2.05) is 0 Å². The van der Waals surface area contributed by atoms with Crippen LogP contribution < -0.4 is 0 Å². The summed E-state index contributed by atoms with van der Waals surface area (Å²) in [5, 5.41) is 9.58. The molecule has 3 amide bonds. The highest BCUT2D eigenvalue weighted by Gasteiger charge is 2.56. The Balaban J connectivity index is 1.60. The van der Waals surface area contributed by atoms with Gasteiger partial charge in [0.2, 0.25) is 0 Å². The van der Waals surface area contributed by atoms with E-state index in [0.717, 1.165) is 16.0 Å². The Morgan fingerprint density at radius 1 is 1.11 bits per heavy atom. The van der Waals surface area contributed by atoms with Gasteiger partial charge in [0.25, 0.3) is 5.91 Å². The minimum atomic E-state index is -1.01. The standard InChI is InChI=1S/C22H22N2O4/c1-22(17-10-14-6-7-15(11-17)9-8-14)20(27)24(21(28)23(22)2)13-19(26)16-4-3-5-18(25)12-16/h3-9,12,17,25H,10-11,13H2,1-2H3. The fourth-order valence-electron chi connectivity index (χ4n) is 4.24. The topological polar surface area (TPSA) is 77.9 Å². The van der Waals surface area contributed by atoms with Crippen molar-refractivity contribution in [3.63, 3.8) is 0 Å². The molecule has 6 nitrogen and oxygen atoms in total. The van der Waals surface area contributed by atoms with Crippen LogP contribution in [-0.4, -0.2) is 51.8 Å². The number of ketones is 1. The van der Waals surface area contributed by atoms with Gasteiger partial charge < -0.3 is 10.0 Å². The summed E-state index contributed by atoms with van der Waals surface area (Å²) in [6.07, 6.45) is 1.40. The first-order valence-electron chi connectivity index (χ1n) is 9.30. The van der Waals surface area contributed by atoms with Gasteiger partial charge in [0.15, 0.2) is 5.78 Å². The first-order chi connectivity index (χ1) is 13.3. The molecule has 1 atom stereocenters. The van der Waals surface area contributed by atoms with Gasteiger partial charge >= 0.3 is 6.03 Å². The highest BCUT2D eigenvalue weighted by atomic mass is 16.3. The van der Waals surface area contributed by atoms with Crippen molar-refractivity contribution in [2.45, 2.75) is 25.3 Å². The monoisotopic (exact) mass is 378 g/mol. The lowest BCUT2D eigenvalue weighted by atomic mass is 9.78. The smallest absolute Gasteiger partial charge is 0.327 e. The van der Waals surface area contributed by atoms with Gasteiger partial charge in [-0.15, -0.1) is 0 Å². The summed E-state index contributed by atoms with van der Waals surface area (Å²) in [6, 6.07) is 13.7. The summed E-state index contributed by atoms with van der Waals surface area (Å²) in [4.78, 5) is 41.3. The fourth-order valence-corrected chi connectivity index (χ4v) is 4.24. The number of urea groups is 1. The zero-order valence-corrected chi connectivity index (χ0v) is 15.9. The molecule has 1 N–H and O–H groups in total. The molecule has 2 aromatic rings. The van der Waals surface area contributed by atoms with Crippen molar-refractivity contribution in [1.29, 1.82) is 0 Å². The summed E-state index contributed by atoms with van der Waals surface area (Å²) in [7, 11) is 1.63. The van der Waals surface area contributed by atoms with Crippen molar-refractivity contribution >= 4 is 17.7 Å². The Bertz CT molecular complexity index is 944. The first-order valence-corrected chi connectivity index (χ1v) is 9.30. The molecule has 1 fully saturated rings.